The quantitative estimate of drug-likeness (QED) is 0.902. The minimum Gasteiger partial charge on any atom is -0.481 e. The van der Waals surface area contributed by atoms with Crippen LogP contribution in [-0.4, -0.2) is 27.9 Å². The van der Waals surface area contributed by atoms with Gasteiger partial charge in [0.25, 0.3) is 5.91 Å². The molecule has 1 heterocycles. The Kier molecular flexibility index (Phi) is 4.23. The second-order valence-corrected chi connectivity index (χ2v) is 7.05. The monoisotopic (exact) mass is 353 g/mol. The van der Waals surface area contributed by atoms with Crippen molar-refractivity contribution >= 4 is 11.9 Å². The number of aliphatic carboxylic acids is 1. The molecule has 5 heteroatoms. The molecule has 4 nitrogen and oxygen atoms in total. The van der Waals surface area contributed by atoms with Gasteiger partial charge in [0, 0.05) is 11.6 Å². The molecule has 1 N–H and O–H groups in total. The van der Waals surface area contributed by atoms with Crippen LogP contribution in [0, 0.1) is 5.82 Å². The molecule has 134 valence electrons. The SMILES string of the molecule is O=C(O)C1c2ccccc2C(=O)N(C2CCCC2)C1c1ccc(F)cc1. The smallest absolute Gasteiger partial charge is 0.313 e. The van der Waals surface area contributed by atoms with Gasteiger partial charge in [-0.1, -0.05) is 43.2 Å². The molecular weight excluding hydrogens is 333 g/mol. The maximum Gasteiger partial charge on any atom is 0.313 e. The predicted molar refractivity (Wildman–Crippen MR) is 94.4 cm³/mol. The lowest BCUT2D eigenvalue weighted by molar-refractivity contribution is -0.140. The highest BCUT2D eigenvalue weighted by Crippen LogP contribution is 2.45. The van der Waals surface area contributed by atoms with Crippen molar-refractivity contribution in [3.8, 4) is 0 Å². The summed E-state index contributed by atoms with van der Waals surface area (Å²) in [5.41, 5.74) is 1.66. The summed E-state index contributed by atoms with van der Waals surface area (Å²) in [6.07, 6.45) is 3.81. The second-order valence-electron chi connectivity index (χ2n) is 7.05. The zero-order valence-electron chi connectivity index (χ0n) is 14.3. The Morgan fingerprint density at radius 1 is 1.04 bits per heavy atom. The molecule has 0 saturated heterocycles. The zero-order valence-corrected chi connectivity index (χ0v) is 14.3. The Hall–Kier alpha value is -2.69. The van der Waals surface area contributed by atoms with Gasteiger partial charge in [-0.25, -0.2) is 4.39 Å². The molecule has 2 aromatic rings. The maximum absolute atomic E-state index is 13.4. The zero-order chi connectivity index (χ0) is 18.3. The lowest BCUT2D eigenvalue weighted by atomic mass is 9.79. The van der Waals surface area contributed by atoms with Gasteiger partial charge in [0.1, 0.15) is 11.7 Å². The lowest BCUT2D eigenvalue weighted by Gasteiger charge is -2.44. The summed E-state index contributed by atoms with van der Waals surface area (Å²) in [6.45, 7) is 0. The molecule has 0 radical (unpaired) electrons. The number of hydrogen-bond acceptors (Lipinski definition) is 2. The third-order valence-electron chi connectivity index (χ3n) is 5.57. The number of fused-ring (bicyclic) bond motifs is 1. The molecule has 1 saturated carbocycles. The minimum absolute atomic E-state index is 0.0211. The molecule has 1 fully saturated rings. The van der Waals surface area contributed by atoms with Crippen LogP contribution in [0.1, 0.15) is 59.1 Å². The third kappa shape index (κ3) is 2.68. The molecule has 26 heavy (non-hydrogen) atoms. The summed E-state index contributed by atoms with van der Waals surface area (Å²) in [6, 6.07) is 12.2. The molecule has 0 spiro atoms. The molecular formula is C21H20FNO3. The number of carbonyl (C=O) groups is 2. The number of amides is 1. The molecule has 0 aromatic heterocycles. The average molecular weight is 353 g/mol. The number of hydrogen-bond donors (Lipinski definition) is 1. The maximum atomic E-state index is 13.4. The van der Waals surface area contributed by atoms with E-state index >= 15 is 0 Å². The number of nitrogens with zero attached hydrogens (tertiary/aromatic N) is 1. The van der Waals surface area contributed by atoms with Crippen LogP contribution in [0.2, 0.25) is 0 Å². The van der Waals surface area contributed by atoms with E-state index in [0.29, 0.717) is 16.7 Å². The van der Waals surface area contributed by atoms with Crippen LogP contribution in [0.15, 0.2) is 48.5 Å². The molecule has 0 bridgehead atoms. The molecule has 1 aliphatic heterocycles. The van der Waals surface area contributed by atoms with E-state index in [2.05, 4.69) is 0 Å². The Balaban J connectivity index is 1.91. The fourth-order valence-electron chi connectivity index (χ4n) is 4.42. The van der Waals surface area contributed by atoms with Crippen LogP contribution in [0.25, 0.3) is 0 Å². The summed E-state index contributed by atoms with van der Waals surface area (Å²) >= 11 is 0. The Bertz CT molecular complexity index is 843. The van der Waals surface area contributed by atoms with Crippen LogP contribution in [0.3, 0.4) is 0 Å². The Morgan fingerprint density at radius 2 is 1.69 bits per heavy atom. The minimum atomic E-state index is -0.970. The summed E-state index contributed by atoms with van der Waals surface area (Å²) in [5, 5.41) is 10.0. The van der Waals surface area contributed by atoms with E-state index < -0.39 is 17.9 Å². The second kappa shape index (κ2) is 6.56. The average Bonchev–Trinajstić information content (AvgIpc) is 3.16. The molecule has 1 amide bonds. The fraction of sp³-hybridized carbons (Fsp3) is 0.333. The van der Waals surface area contributed by atoms with Crippen LogP contribution < -0.4 is 0 Å². The molecule has 2 unspecified atom stereocenters. The van der Waals surface area contributed by atoms with Gasteiger partial charge in [-0.15, -0.1) is 0 Å². The summed E-state index contributed by atoms with van der Waals surface area (Å²) in [5.74, 6) is -2.34. The van der Waals surface area contributed by atoms with Gasteiger partial charge in [0.2, 0.25) is 0 Å². The number of halogens is 1. The summed E-state index contributed by atoms with van der Waals surface area (Å²) in [4.78, 5) is 27.3. The van der Waals surface area contributed by atoms with Crippen LogP contribution >= 0.6 is 0 Å². The highest BCUT2D eigenvalue weighted by Gasteiger charge is 2.47. The van der Waals surface area contributed by atoms with Crippen molar-refractivity contribution in [2.75, 3.05) is 0 Å². The fourth-order valence-corrected chi connectivity index (χ4v) is 4.42. The highest BCUT2D eigenvalue weighted by molar-refractivity contribution is 6.00. The first-order chi connectivity index (χ1) is 12.6. The molecule has 4 rings (SSSR count). The van der Waals surface area contributed by atoms with Crippen LogP contribution in [-0.2, 0) is 4.79 Å². The Labute approximate surface area is 151 Å². The Morgan fingerprint density at radius 3 is 2.35 bits per heavy atom. The van der Waals surface area contributed by atoms with Crippen molar-refractivity contribution in [1.29, 1.82) is 0 Å². The van der Waals surface area contributed by atoms with Crippen LogP contribution in [0.4, 0.5) is 4.39 Å². The van der Waals surface area contributed by atoms with E-state index in [-0.39, 0.29) is 17.8 Å². The normalized spacial score (nSPS) is 23.1. The van der Waals surface area contributed by atoms with Crippen molar-refractivity contribution in [2.24, 2.45) is 0 Å². The summed E-state index contributed by atoms with van der Waals surface area (Å²) < 4.78 is 13.4. The van der Waals surface area contributed by atoms with Gasteiger partial charge in [-0.2, -0.15) is 0 Å². The van der Waals surface area contributed by atoms with Crippen molar-refractivity contribution in [3.63, 3.8) is 0 Å². The van der Waals surface area contributed by atoms with Crippen molar-refractivity contribution in [3.05, 3.63) is 71.0 Å². The first-order valence-electron chi connectivity index (χ1n) is 8.98. The van der Waals surface area contributed by atoms with E-state index in [1.54, 1.807) is 41.3 Å². The van der Waals surface area contributed by atoms with Crippen molar-refractivity contribution < 1.29 is 19.1 Å². The van der Waals surface area contributed by atoms with Crippen molar-refractivity contribution in [1.82, 2.24) is 4.90 Å². The number of benzene rings is 2. The van der Waals surface area contributed by atoms with E-state index in [0.717, 1.165) is 25.7 Å². The third-order valence-corrected chi connectivity index (χ3v) is 5.57. The molecule has 2 aliphatic rings. The van der Waals surface area contributed by atoms with E-state index in [4.69, 9.17) is 0 Å². The van der Waals surface area contributed by atoms with Crippen LogP contribution in [0.5, 0.6) is 0 Å². The van der Waals surface area contributed by atoms with E-state index in [1.807, 2.05) is 0 Å². The standard InChI is InChI=1S/C21H20FNO3/c22-14-11-9-13(10-12-14)19-18(21(25)26)16-7-3-4-8-17(16)20(24)23(19)15-5-1-2-6-15/h3-4,7-12,15,18-19H,1-2,5-6H2,(H,25,26). The first kappa shape index (κ1) is 16.8. The van der Waals surface area contributed by atoms with Gasteiger partial charge in [-0.05, 0) is 42.2 Å². The topological polar surface area (TPSA) is 57.6 Å². The molecule has 1 aliphatic carbocycles. The highest BCUT2D eigenvalue weighted by atomic mass is 19.1. The van der Waals surface area contributed by atoms with E-state index in [1.165, 1.54) is 12.1 Å². The molecule has 2 atom stereocenters. The van der Waals surface area contributed by atoms with Gasteiger partial charge in [0.15, 0.2) is 0 Å². The van der Waals surface area contributed by atoms with E-state index in [9.17, 15) is 19.1 Å². The van der Waals surface area contributed by atoms with Gasteiger partial charge in [0.05, 0.1) is 6.04 Å². The number of carboxylic acid groups (broad SMARTS) is 1. The van der Waals surface area contributed by atoms with Gasteiger partial charge < -0.3 is 10.0 Å². The first-order valence-corrected chi connectivity index (χ1v) is 8.98. The number of carboxylic acids is 1. The van der Waals surface area contributed by atoms with Crippen molar-refractivity contribution in [2.45, 2.75) is 43.7 Å². The van der Waals surface area contributed by atoms with Gasteiger partial charge >= 0.3 is 5.97 Å². The largest absolute Gasteiger partial charge is 0.481 e. The lowest BCUT2D eigenvalue weighted by Crippen LogP contribution is -2.49. The number of carbonyl (C=O) groups excluding carboxylic acids is 1. The summed E-state index contributed by atoms with van der Waals surface area (Å²) in [7, 11) is 0. The number of rotatable bonds is 3. The predicted octanol–water partition coefficient (Wildman–Crippen LogP) is 4.13. The van der Waals surface area contributed by atoms with Gasteiger partial charge in [-0.3, -0.25) is 9.59 Å². The molecule has 2 aromatic carbocycles.